The predicted molar refractivity (Wildman–Crippen MR) is 152 cm³/mol. The van der Waals surface area contributed by atoms with Crippen molar-refractivity contribution in [3.8, 4) is 23.0 Å². The summed E-state index contributed by atoms with van der Waals surface area (Å²) in [4.78, 5) is 24.5. The number of rotatable bonds is 10. The number of hydrazone groups is 1. The Hall–Kier alpha value is -3.22. The number of ether oxygens (including phenoxy) is 4. The van der Waals surface area contributed by atoms with Gasteiger partial charge in [-0.15, -0.1) is 0 Å². The average Bonchev–Trinajstić information content (AvgIpc) is 3.36. The summed E-state index contributed by atoms with van der Waals surface area (Å²) >= 11 is 14.4. The van der Waals surface area contributed by atoms with Gasteiger partial charge in [-0.05, 0) is 77.5 Å². The molecule has 0 saturated heterocycles. The highest BCUT2D eigenvalue weighted by Crippen LogP contribution is 2.35. The maximum Gasteiger partial charge on any atom is 0.259 e. The van der Waals surface area contributed by atoms with Crippen molar-refractivity contribution >= 4 is 63.8 Å². The minimum Gasteiger partial charge on any atom is -0.490 e. The maximum atomic E-state index is 12.3. The number of amides is 2. The van der Waals surface area contributed by atoms with E-state index in [1.165, 1.54) is 6.21 Å². The first-order valence-electron chi connectivity index (χ1n) is 11.4. The molecule has 2 N–H and O–H groups in total. The van der Waals surface area contributed by atoms with Gasteiger partial charge >= 0.3 is 0 Å². The van der Waals surface area contributed by atoms with E-state index in [4.69, 9.17) is 42.1 Å². The van der Waals surface area contributed by atoms with E-state index in [-0.39, 0.29) is 19.9 Å². The molecule has 0 aliphatic carbocycles. The zero-order valence-electron chi connectivity index (χ0n) is 20.1. The van der Waals surface area contributed by atoms with Crippen LogP contribution in [0.1, 0.15) is 28.4 Å². The van der Waals surface area contributed by atoms with Crippen LogP contribution in [0.5, 0.6) is 23.0 Å². The van der Waals surface area contributed by atoms with Crippen LogP contribution in [-0.4, -0.2) is 38.0 Å². The number of fused-ring (bicyclic) bond motifs is 1. The van der Waals surface area contributed by atoms with Gasteiger partial charge in [-0.3, -0.25) is 9.59 Å². The van der Waals surface area contributed by atoms with Crippen LogP contribution < -0.4 is 29.7 Å². The van der Waals surface area contributed by atoms with Crippen molar-refractivity contribution < 1.29 is 28.5 Å². The zero-order valence-corrected chi connectivity index (χ0v) is 23.7. The largest absolute Gasteiger partial charge is 0.490 e. The van der Waals surface area contributed by atoms with Gasteiger partial charge in [0, 0.05) is 21.2 Å². The molecule has 0 fully saturated rings. The van der Waals surface area contributed by atoms with E-state index < -0.39 is 11.8 Å². The number of nitrogens with one attached hydrogen (secondary N) is 2. The lowest BCUT2D eigenvalue weighted by Crippen LogP contribution is -2.34. The Morgan fingerprint density at radius 1 is 1.08 bits per heavy atom. The summed E-state index contributed by atoms with van der Waals surface area (Å²) in [6, 6.07) is 13.6. The molecule has 12 heteroatoms. The molecule has 3 aromatic rings. The van der Waals surface area contributed by atoms with Crippen LogP contribution in [0.4, 0.5) is 0 Å². The van der Waals surface area contributed by atoms with Crippen molar-refractivity contribution in [2.45, 2.75) is 13.5 Å². The molecule has 0 atom stereocenters. The number of carbonyl (C=O) groups excluding carboxylic acids is 2. The van der Waals surface area contributed by atoms with E-state index in [1.54, 1.807) is 42.5 Å². The number of nitrogens with zero attached hydrogens (tertiary/aromatic N) is 1. The summed E-state index contributed by atoms with van der Waals surface area (Å²) < 4.78 is 23.0. The highest BCUT2D eigenvalue weighted by atomic mass is 127. The molecule has 0 radical (unpaired) electrons. The number of benzene rings is 3. The lowest BCUT2D eigenvalue weighted by Gasteiger charge is -2.15. The predicted octanol–water partition coefficient (Wildman–Crippen LogP) is 5.18. The second-order valence-corrected chi connectivity index (χ2v) is 9.84. The Kier molecular flexibility index (Phi) is 9.53. The van der Waals surface area contributed by atoms with Gasteiger partial charge in [-0.1, -0.05) is 29.3 Å². The standard InChI is InChI=1S/C26H22Cl2IN3O6/c1-2-35-23-8-15(7-20(29)25(23)36-13-17-3-5-18(27)10-19(17)28)11-31-32-24(33)12-30-26(34)16-4-6-21-22(9-16)38-14-37-21/h3-11H,2,12-14H2,1H3,(H,30,34)(H,32,33)/b31-11+. The van der Waals surface area contributed by atoms with Crippen LogP contribution in [0.25, 0.3) is 0 Å². The van der Waals surface area contributed by atoms with Crippen LogP contribution in [0.15, 0.2) is 53.6 Å². The first-order valence-corrected chi connectivity index (χ1v) is 13.2. The molecule has 0 saturated carbocycles. The molecule has 0 aromatic heterocycles. The molecule has 3 aromatic carbocycles. The smallest absolute Gasteiger partial charge is 0.259 e. The molecule has 2 amide bonds. The third-order valence-electron chi connectivity index (χ3n) is 5.17. The molecule has 9 nitrogen and oxygen atoms in total. The maximum absolute atomic E-state index is 12.3. The molecule has 1 heterocycles. The minimum absolute atomic E-state index is 0.111. The highest BCUT2D eigenvalue weighted by Gasteiger charge is 2.17. The van der Waals surface area contributed by atoms with Gasteiger partial charge in [0.1, 0.15) is 6.61 Å². The van der Waals surface area contributed by atoms with Gasteiger partial charge in [-0.25, -0.2) is 5.43 Å². The van der Waals surface area contributed by atoms with Gasteiger partial charge in [0.15, 0.2) is 23.0 Å². The molecule has 0 bridgehead atoms. The summed E-state index contributed by atoms with van der Waals surface area (Å²) in [7, 11) is 0. The van der Waals surface area contributed by atoms with Crippen molar-refractivity contribution in [1.29, 1.82) is 0 Å². The normalized spacial score (nSPS) is 11.9. The molecule has 4 rings (SSSR count). The molecular formula is C26H22Cl2IN3O6. The number of hydrogen-bond acceptors (Lipinski definition) is 7. The summed E-state index contributed by atoms with van der Waals surface area (Å²) in [5.74, 6) is 1.22. The van der Waals surface area contributed by atoms with Crippen molar-refractivity contribution in [3.63, 3.8) is 0 Å². The third kappa shape index (κ3) is 7.21. The molecule has 198 valence electrons. The summed E-state index contributed by atoms with van der Waals surface area (Å²) in [6.07, 6.45) is 1.47. The van der Waals surface area contributed by atoms with Gasteiger partial charge in [0.2, 0.25) is 6.79 Å². The van der Waals surface area contributed by atoms with Crippen LogP contribution >= 0.6 is 45.8 Å². The molecule has 1 aliphatic heterocycles. The lowest BCUT2D eigenvalue weighted by atomic mass is 10.2. The Balaban J connectivity index is 1.33. The number of halogens is 3. The Morgan fingerprint density at radius 2 is 1.89 bits per heavy atom. The van der Waals surface area contributed by atoms with E-state index in [0.717, 1.165) is 9.13 Å². The topological polar surface area (TPSA) is 107 Å². The highest BCUT2D eigenvalue weighted by molar-refractivity contribution is 14.1. The quantitative estimate of drug-likeness (QED) is 0.175. The Bertz CT molecular complexity index is 1390. The number of hydrogen-bond donors (Lipinski definition) is 2. The van der Waals surface area contributed by atoms with Crippen molar-refractivity contribution in [2.75, 3.05) is 19.9 Å². The van der Waals surface area contributed by atoms with E-state index >= 15 is 0 Å². The van der Waals surface area contributed by atoms with E-state index in [9.17, 15) is 9.59 Å². The van der Waals surface area contributed by atoms with Gasteiger partial charge < -0.3 is 24.3 Å². The molecular weight excluding hydrogens is 648 g/mol. The Morgan fingerprint density at radius 3 is 2.68 bits per heavy atom. The van der Waals surface area contributed by atoms with E-state index in [1.807, 2.05) is 13.0 Å². The van der Waals surface area contributed by atoms with Gasteiger partial charge in [0.05, 0.1) is 22.9 Å². The van der Waals surface area contributed by atoms with Gasteiger partial charge in [0.25, 0.3) is 11.8 Å². The summed E-state index contributed by atoms with van der Waals surface area (Å²) in [5, 5.41) is 7.58. The van der Waals surface area contributed by atoms with Crippen molar-refractivity contribution in [1.82, 2.24) is 10.7 Å². The lowest BCUT2D eigenvalue weighted by molar-refractivity contribution is -0.120. The SMILES string of the molecule is CCOc1cc(/C=N/NC(=O)CNC(=O)c2ccc3c(c2)OCO3)cc(I)c1OCc1ccc(Cl)cc1Cl. The molecule has 0 unspecified atom stereocenters. The van der Waals surface area contributed by atoms with E-state index in [2.05, 4.69) is 38.4 Å². The van der Waals surface area contributed by atoms with Crippen LogP contribution in [0.2, 0.25) is 10.0 Å². The second-order valence-electron chi connectivity index (χ2n) is 7.83. The van der Waals surface area contributed by atoms with Crippen LogP contribution in [0.3, 0.4) is 0 Å². The Labute approximate surface area is 242 Å². The van der Waals surface area contributed by atoms with Crippen LogP contribution in [0, 0.1) is 3.57 Å². The fraction of sp³-hybridized carbons (Fsp3) is 0.192. The fourth-order valence-electron chi connectivity index (χ4n) is 3.37. The zero-order chi connectivity index (χ0) is 27.1. The third-order valence-corrected chi connectivity index (χ3v) is 6.55. The molecule has 0 spiro atoms. The van der Waals surface area contributed by atoms with Crippen molar-refractivity contribution in [3.05, 3.63) is 78.8 Å². The second kappa shape index (κ2) is 13.0. The first kappa shape index (κ1) is 27.8. The summed E-state index contributed by atoms with van der Waals surface area (Å²) in [6.45, 7) is 2.37. The summed E-state index contributed by atoms with van der Waals surface area (Å²) in [5.41, 5.74) is 4.21. The van der Waals surface area contributed by atoms with Gasteiger partial charge in [-0.2, -0.15) is 5.10 Å². The first-order chi connectivity index (χ1) is 18.3. The van der Waals surface area contributed by atoms with E-state index in [0.29, 0.717) is 50.8 Å². The average molecular weight is 670 g/mol. The molecule has 1 aliphatic rings. The van der Waals surface area contributed by atoms with Crippen LogP contribution in [-0.2, 0) is 11.4 Å². The monoisotopic (exact) mass is 669 g/mol. The number of carbonyl (C=O) groups is 2. The molecule has 38 heavy (non-hydrogen) atoms. The van der Waals surface area contributed by atoms with Crippen molar-refractivity contribution in [2.24, 2.45) is 5.10 Å². The minimum atomic E-state index is -0.491. The fourth-order valence-corrected chi connectivity index (χ4v) is 4.62.